The van der Waals surface area contributed by atoms with Crippen molar-refractivity contribution >= 4 is 0 Å². The number of rotatable bonds is 11. The molecule has 6 heteroatoms. The lowest BCUT2D eigenvalue weighted by atomic mass is 10.2. The van der Waals surface area contributed by atoms with Crippen molar-refractivity contribution < 1.29 is 24.4 Å². The molecule has 0 aromatic rings. The molecule has 3 N–H and O–H groups in total. The molecule has 3 atom stereocenters. The number of aliphatic hydroxyl groups is 2. The van der Waals surface area contributed by atoms with Gasteiger partial charge in [0.1, 0.15) is 0 Å². The van der Waals surface area contributed by atoms with Gasteiger partial charge in [-0.15, -0.1) is 0 Å². The third-order valence-electron chi connectivity index (χ3n) is 3.03. The second kappa shape index (κ2) is 10.5. The Hall–Kier alpha value is -0.240. The van der Waals surface area contributed by atoms with Gasteiger partial charge in [0.05, 0.1) is 38.1 Å². The van der Waals surface area contributed by atoms with E-state index in [1.165, 1.54) is 0 Å². The Kier molecular flexibility index (Phi) is 9.32. The lowest BCUT2D eigenvalue weighted by Gasteiger charge is -2.15. The molecule has 1 aliphatic rings. The molecule has 0 amide bonds. The van der Waals surface area contributed by atoms with Crippen LogP contribution < -0.4 is 5.32 Å². The van der Waals surface area contributed by atoms with Gasteiger partial charge in [-0.2, -0.15) is 0 Å². The minimum Gasteiger partial charge on any atom is -0.391 e. The molecular weight excluding hydrogens is 250 g/mol. The number of hydrogen-bond acceptors (Lipinski definition) is 6. The maximum absolute atomic E-state index is 9.68. The molecule has 1 saturated heterocycles. The Morgan fingerprint density at radius 3 is 2.84 bits per heavy atom. The first-order valence-corrected chi connectivity index (χ1v) is 6.97. The fourth-order valence-corrected chi connectivity index (χ4v) is 1.98. The van der Waals surface area contributed by atoms with Crippen molar-refractivity contribution in [1.82, 2.24) is 5.32 Å². The van der Waals surface area contributed by atoms with Gasteiger partial charge >= 0.3 is 0 Å². The summed E-state index contributed by atoms with van der Waals surface area (Å²) in [7, 11) is 1.56. The lowest BCUT2D eigenvalue weighted by molar-refractivity contribution is -0.0166. The van der Waals surface area contributed by atoms with E-state index in [1.807, 2.05) is 0 Å². The predicted octanol–water partition coefficient (Wildman–Crippen LogP) is -0.470. The number of methoxy groups -OCH3 is 1. The highest BCUT2D eigenvalue weighted by Gasteiger charge is 2.16. The topological polar surface area (TPSA) is 80.2 Å². The summed E-state index contributed by atoms with van der Waals surface area (Å²) in [4.78, 5) is 0. The minimum absolute atomic E-state index is 0.198. The quantitative estimate of drug-likeness (QED) is 0.443. The first-order valence-electron chi connectivity index (χ1n) is 6.97. The van der Waals surface area contributed by atoms with Crippen molar-refractivity contribution in [3.63, 3.8) is 0 Å². The van der Waals surface area contributed by atoms with Gasteiger partial charge in [0, 0.05) is 20.3 Å². The van der Waals surface area contributed by atoms with Crippen molar-refractivity contribution in [3.05, 3.63) is 0 Å². The van der Waals surface area contributed by atoms with E-state index in [-0.39, 0.29) is 6.10 Å². The van der Waals surface area contributed by atoms with Crippen molar-refractivity contribution in [2.45, 2.75) is 37.6 Å². The molecule has 0 aliphatic carbocycles. The zero-order valence-electron chi connectivity index (χ0n) is 11.7. The zero-order chi connectivity index (χ0) is 13.9. The van der Waals surface area contributed by atoms with Crippen molar-refractivity contribution in [1.29, 1.82) is 0 Å². The van der Waals surface area contributed by atoms with Crippen LogP contribution in [-0.4, -0.2) is 75.2 Å². The molecular formula is C13H27NO5. The average Bonchev–Trinajstić information content (AvgIpc) is 2.88. The van der Waals surface area contributed by atoms with Gasteiger partial charge < -0.3 is 29.7 Å². The number of nitrogens with one attached hydrogen (secondary N) is 1. The fourth-order valence-electron chi connectivity index (χ4n) is 1.98. The van der Waals surface area contributed by atoms with Crippen LogP contribution in [0.3, 0.4) is 0 Å². The van der Waals surface area contributed by atoms with E-state index in [0.717, 1.165) is 19.4 Å². The van der Waals surface area contributed by atoms with Crippen molar-refractivity contribution in [2.75, 3.05) is 46.6 Å². The monoisotopic (exact) mass is 277 g/mol. The summed E-state index contributed by atoms with van der Waals surface area (Å²) < 4.78 is 15.7. The molecule has 1 fully saturated rings. The molecule has 0 aromatic heterocycles. The molecule has 0 saturated carbocycles. The highest BCUT2D eigenvalue weighted by molar-refractivity contribution is 4.65. The van der Waals surface area contributed by atoms with E-state index in [0.29, 0.717) is 39.3 Å². The first kappa shape index (κ1) is 16.8. The summed E-state index contributed by atoms with van der Waals surface area (Å²) in [5.74, 6) is 0. The Morgan fingerprint density at radius 1 is 1.32 bits per heavy atom. The third-order valence-corrected chi connectivity index (χ3v) is 3.03. The van der Waals surface area contributed by atoms with E-state index in [2.05, 4.69) is 5.32 Å². The van der Waals surface area contributed by atoms with Gasteiger partial charge in [0.25, 0.3) is 0 Å². The molecule has 114 valence electrons. The van der Waals surface area contributed by atoms with Crippen LogP contribution in [0.4, 0.5) is 0 Å². The third kappa shape index (κ3) is 8.52. The molecule has 0 spiro atoms. The van der Waals surface area contributed by atoms with Gasteiger partial charge in [0.15, 0.2) is 0 Å². The lowest BCUT2D eigenvalue weighted by Crippen LogP contribution is -2.33. The van der Waals surface area contributed by atoms with E-state index in [4.69, 9.17) is 14.2 Å². The molecule has 19 heavy (non-hydrogen) atoms. The summed E-state index contributed by atoms with van der Waals surface area (Å²) in [6, 6.07) is 0. The molecule has 6 nitrogen and oxygen atoms in total. The summed E-state index contributed by atoms with van der Waals surface area (Å²) in [6.45, 7) is 3.15. The second-order valence-corrected chi connectivity index (χ2v) is 4.93. The highest BCUT2D eigenvalue weighted by atomic mass is 16.5. The highest BCUT2D eigenvalue weighted by Crippen LogP contribution is 2.11. The van der Waals surface area contributed by atoms with Crippen molar-refractivity contribution in [2.24, 2.45) is 0 Å². The predicted molar refractivity (Wildman–Crippen MR) is 71.2 cm³/mol. The molecule has 1 aliphatic heterocycles. The molecule has 0 radical (unpaired) electrons. The molecule has 1 rings (SSSR count). The van der Waals surface area contributed by atoms with Crippen LogP contribution in [0.1, 0.15) is 19.3 Å². The van der Waals surface area contributed by atoms with Crippen LogP contribution in [0.15, 0.2) is 0 Å². The Balaban J connectivity index is 1.88. The van der Waals surface area contributed by atoms with E-state index >= 15 is 0 Å². The summed E-state index contributed by atoms with van der Waals surface area (Å²) in [5.41, 5.74) is 0. The van der Waals surface area contributed by atoms with Crippen LogP contribution >= 0.6 is 0 Å². The maximum Gasteiger partial charge on any atom is 0.0897 e. The van der Waals surface area contributed by atoms with Crippen LogP contribution in [0.5, 0.6) is 0 Å². The Bertz CT molecular complexity index is 211. The number of ether oxygens (including phenoxy) is 3. The molecule has 3 unspecified atom stereocenters. The van der Waals surface area contributed by atoms with Crippen molar-refractivity contribution in [3.8, 4) is 0 Å². The van der Waals surface area contributed by atoms with E-state index < -0.39 is 12.2 Å². The van der Waals surface area contributed by atoms with Crippen LogP contribution in [0.2, 0.25) is 0 Å². The molecule has 1 heterocycles. The van der Waals surface area contributed by atoms with Gasteiger partial charge in [-0.1, -0.05) is 0 Å². The summed E-state index contributed by atoms with van der Waals surface area (Å²) in [6.07, 6.45) is 1.97. The van der Waals surface area contributed by atoms with E-state index in [1.54, 1.807) is 7.11 Å². The maximum atomic E-state index is 9.68. The van der Waals surface area contributed by atoms with Crippen LogP contribution in [-0.2, 0) is 14.2 Å². The Morgan fingerprint density at radius 2 is 2.16 bits per heavy atom. The zero-order valence-corrected chi connectivity index (χ0v) is 11.7. The summed E-state index contributed by atoms with van der Waals surface area (Å²) in [5, 5.41) is 22.2. The van der Waals surface area contributed by atoms with Gasteiger partial charge in [0.2, 0.25) is 0 Å². The van der Waals surface area contributed by atoms with Gasteiger partial charge in [-0.3, -0.25) is 0 Å². The van der Waals surface area contributed by atoms with Gasteiger partial charge in [-0.05, 0) is 25.8 Å². The number of aliphatic hydroxyl groups excluding tert-OH is 2. The number of hydrogen-bond donors (Lipinski definition) is 3. The SMILES string of the molecule is COCC(O)CCNCC(O)COCC1CCCO1. The smallest absolute Gasteiger partial charge is 0.0897 e. The summed E-state index contributed by atoms with van der Waals surface area (Å²) >= 11 is 0. The normalized spacial score (nSPS) is 22.6. The van der Waals surface area contributed by atoms with E-state index in [9.17, 15) is 10.2 Å². The first-order chi connectivity index (χ1) is 9.22. The standard InChI is InChI=1S/C13H27NO5/c1-17-8-11(15)4-5-14-7-12(16)9-18-10-13-3-2-6-19-13/h11-16H,2-10H2,1H3. The second-order valence-electron chi connectivity index (χ2n) is 4.93. The largest absolute Gasteiger partial charge is 0.391 e. The van der Waals surface area contributed by atoms with Gasteiger partial charge in [-0.25, -0.2) is 0 Å². The average molecular weight is 277 g/mol. The van der Waals surface area contributed by atoms with Crippen LogP contribution in [0, 0.1) is 0 Å². The minimum atomic E-state index is -0.527. The molecule has 0 bridgehead atoms. The fraction of sp³-hybridized carbons (Fsp3) is 1.00. The Labute approximate surface area is 115 Å². The molecule has 0 aromatic carbocycles. The van der Waals surface area contributed by atoms with Crippen LogP contribution in [0.25, 0.3) is 0 Å².